The molecule has 0 atom stereocenters. The lowest BCUT2D eigenvalue weighted by Gasteiger charge is -2.27. The van der Waals surface area contributed by atoms with E-state index in [0.717, 1.165) is 16.8 Å². The highest BCUT2D eigenvalue weighted by Crippen LogP contribution is 2.28. The van der Waals surface area contributed by atoms with Crippen molar-refractivity contribution in [1.82, 2.24) is 5.32 Å². The van der Waals surface area contributed by atoms with Crippen molar-refractivity contribution in [3.05, 3.63) is 94.8 Å². The van der Waals surface area contributed by atoms with Gasteiger partial charge in [0.1, 0.15) is 11.6 Å². The van der Waals surface area contributed by atoms with Crippen LogP contribution in [0.25, 0.3) is 0 Å². The van der Waals surface area contributed by atoms with Crippen molar-refractivity contribution in [3.63, 3.8) is 0 Å². The van der Waals surface area contributed by atoms with E-state index < -0.39 is 0 Å². The van der Waals surface area contributed by atoms with Crippen molar-refractivity contribution in [2.45, 2.75) is 13.1 Å². The van der Waals surface area contributed by atoms with E-state index in [9.17, 15) is 9.50 Å². The fourth-order valence-corrected chi connectivity index (χ4v) is 3.10. The van der Waals surface area contributed by atoms with Gasteiger partial charge in [-0.25, -0.2) is 4.39 Å². The third-order valence-electron chi connectivity index (χ3n) is 4.07. The van der Waals surface area contributed by atoms with Crippen LogP contribution in [0.5, 0.6) is 5.75 Å². The number of rotatable bonds is 5. The summed E-state index contributed by atoms with van der Waals surface area (Å²) in [7, 11) is 0. The normalized spacial score (nSPS) is 10.4. The van der Waals surface area contributed by atoms with E-state index in [2.05, 4.69) is 5.32 Å². The fourth-order valence-electron chi connectivity index (χ4n) is 2.63. The Balaban J connectivity index is 1.82. The van der Waals surface area contributed by atoms with E-state index in [1.165, 1.54) is 12.1 Å². The Hall–Kier alpha value is -2.63. The first-order valence-electron chi connectivity index (χ1n) is 8.36. The zero-order chi connectivity index (χ0) is 19.2. The Kier molecular flexibility index (Phi) is 6.27. The molecule has 3 rings (SSSR count). The summed E-state index contributed by atoms with van der Waals surface area (Å²) in [5.41, 5.74) is 2.36. The number of aromatic hydroxyl groups is 1. The molecule has 0 aromatic heterocycles. The van der Waals surface area contributed by atoms with Gasteiger partial charge < -0.3 is 15.3 Å². The summed E-state index contributed by atoms with van der Waals surface area (Å²) in [5.74, 6) is -0.0885. The summed E-state index contributed by atoms with van der Waals surface area (Å²) in [6.07, 6.45) is 0. The fraction of sp³-hybridized carbons (Fsp3) is 0.0952. The highest BCUT2D eigenvalue weighted by Gasteiger charge is 2.17. The van der Waals surface area contributed by atoms with E-state index in [4.69, 9.17) is 23.8 Å². The molecular formula is C21H18ClFN2OS. The molecule has 0 heterocycles. The van der Waals surface area contributed by atoms with E-state index >= 15 is 0 Å². The molecule has 0 aliphatic rings. The molecule has 3 nitrogen and oxygen atoms in total. The molecular weight excluding hydrogens is 383 g/mol. The quantitative estimate of drug-likeness (QED) is 0.572. The number of hydrogen-bond donors (Lipinski definition) is 2. The number of hydrogen-bond acceptors (Lipinski definition) is 2. The molecule has 0 radical (unpaired) electrons. The summed E-state index contributed by atoms with van der Waals surface area (Å²) < 4.78 is 13.1. The number of benzene rings is 3. The highest BCUT2D eigenvalue weighted by molar-refractivity contribution is 7.80. The van der Waals surface area contributed by atoms with Crippen LogP contribution in [0, 0.1) is 5.82 Å². The van der Waals surface area contributed by atoms with Gasteiger partial charge in [-0.1, -0.05) is 54.1 Å². The van der Waals surface area contributed by atoms with Crippen molar-refractivity contribution >= 4 is 34.6 Å². The second-order valence-corrected chi connectivity index (χ2v) is 6.75. The molecule has 0 aliphatic heterocycles. The third-order valence-corrected chi connectivity index (χ3v) is 4.75. The number of nitrogens with zero attached hydrogens (tertiary/aromatic N) is 1. The van der Waals surface area contributed by atoms with E-state index in [-0.39, 0.29) is 11.6 Å². The molecule has 0 spiro atoms. The molecule has 27 heavy (non-hydrogen) atoms. The lowest BCUT2D eigenvalue weighted by Crippen LogP contribution is -2.39. The van der Waals surface area contributed by atoms with Crippen LogP contribution in [0.1, 0.15) is 11.1 Å². The second kappa shape index (κ2) is 8.84. The minimum atomic E-state index is -0.279. The SMILES string of the molecule is Oc1ccccc1CN(C(=S)NCc1ccc(F)cc1)c1ccccc1Cl. The van der Waals surface area contributed by atoms with Gasteiger partial charge in [0.2, 0.25) is 0 Å². The van der Waals surface area contributed by atoms with E-state index in [0.29, 0.717) is 23.2 Å². The lowest BCUT2D eigenvalue weighted by molar-refractivity contribution is 0.468. The number of phenolic OH excluding ortho intramolecular Hbond substituents is 1. The Bertz CT molecular complexity index is 933. The number of para-hydroxylation sites is 2. The number of halogens is 2. The van der Waals surface area contributed by atoms with Gasteiger partial charge in [0.15, 0.2) is 5.11 Å². The molecule has 138 valence electrons. The average molecular weight is 401 g/mol. The molecule has 0 unspecified atom stereocenters. The van der Waals surface area contributed by atoms with Gasteiger partial charge in [0.25, 0.3) is 0 Å². The summed E-state index contributed by atoms with van der Waals surface area (Å²) in [5, 5.41) is 14.3. The topological polar surface area (TPSA) is 35.5 Å². The molecule has 0 aliphatic carbocycles. The van der Waals surface area contributed by atoms with Crippen LogP contribution >= 0.6 is 23.8 Å². The molecule has 3 aromatic rings. The highest BCUT2D eigenvalue weighted by atomic mass is 35.5. The summed E-state index contributed by atoms with van der Waals surface area (Å²) >= 11 is 12.0. The molecule has 0 fully saturated rings. The number of phenols is 1. The van der Waals surface area contributed by atoms with Crippen LogP contribution in [0.15, 0.2) is 72.8 Å². The van der Waals surface area contributed by atoms with Crippen LogP contribution in [0.4, 0.5) is 10.1 Å². The van der Waals surface area contributed by atoms with Gasteiger partial charge in [0, 0.05) is 12.1 Å². The molecule has 2 N–H and O–H groups in total. The van der Waals surface area contributed by atoms with Gasteiger partial charge in [-0.15, -0.1) is 0 Å². The van der Waals surface area contributed by atoms with Crippen molar-refractivity contribution in [2.75, 3.05) is 4.90 Å². The largest absolute Gasteiger partial charge is 0.508 e. The minimum Gasteiger partial charge on any atom is -0.508 e. The van der Waals surface area contributed by atoms with Gasteiger partial charge in [-0.3, -0.25) is 0 Å². The second-order valence-electron chi connectivity index (χ2n) is 5.95. The average Bonchev–Trinajstić information content (AvgIpc) is 2.67. The predicted molar refractivity (Wildman–Crippen MR) is 112 cm³/mol. The predicted octanol–water partition coefficient (Wildman–Crippen LogP) is 5.27. The van der Waals surface area contributed by atoms with Crippen LogP contribution in [-0.2, 0) is 13.1 Å². The van der Waals surface area contributed by atoms with Crippen LogP contribution in [-0.4, -0.2) is 10.2 Å². The Morgan fingerprint density at radius 1 is 1.00 bits per heavy atom. The van der Waals surface area contributed by atoms with E-state index in [1.54, 1.807) is 30.3 Å². The zero-order valence-electron chi connectivity index (χ0n) is 14.4. The molecule has 0 amide bonds. The first-order chi connectivity index (χ1) is 13.0. The molecule has 0 bridgehead atoms. The van der Waals surface area contributed by atoms with Crippen LogP contribution in [0.3, 0.4) is 0 Å². The maximum absolute atomic E-state index is 13.1. The standard InChI is InChI=1S/C21H18ClFN2OS/c22-18-6-2-3-7-19(18)25(14-16-5-1-4-8-20(16)26)21(27)24-13-15-9-11-17(23)12-10-15/h1-12,26H,13-14H2,(H,24,27). The van der Waals surface area contributed by atoms with E-state index in [1.807, 2.05) is 35.2 Å². The van der Waals surface area contributed by atoms with Gasteiger partial charge >= 0.3 is 0 Å². The maximum Gasteiger partial charge on any atom is 0.174 e. The van der Waals surface area contributed by atoms with Crippen LogP contribution < -0.4 is 10.2 Å². The summed E-state index contributed by atoms with van der Waals surface area (Å²) in [6.45, 7) is 0.798. The van der Waals surface area contributed by atoms with Crippen molar-refractivity contribution < 1.29 is 9.50 Å². The monoisotopic (exact) mass is 400 g/mol. The molecule has 0 saturated heterocycles. The maximum atomic E-state index is 13.1. The summed E-state index contributed by atoms with van der Waals surface area (Å²) in [4.78, 5) is 1.83. The Morgan fingerprint density at radius 2 is 1.67 bits per heavy atom. The van der Waals surface area contributed by atoms with Gasteiger partial charge in [-0.2, -0.15) is 0 Å². The smallest absolute Gasteiger partial charge is 0.174 e. The first-order valence-corrected chi connectivity index (χ1v) is 9.14. The third kappa shape index (κ3) is 4.96. The van der Waals surface area contributed by atoms with Crippen molar-refractivity contribution in [3.8, 4) is 5.75 Å². The Labute approximate surface area is 168 Å². The van der Waals surface area contributed by atoms with Gasteiger partial charge in [0.05, 0.1) is 17.3 Å². The lowest BCUT2D eigenvalue weighted by atomic mass is 10.1. The molecule has 0 saturated carbocycles. The Morgan fingerprint density at radius 3 is 2.37 bits per heavy atom. The first kappa shape index (κ1) is 19.1. The minimum absolute atomic E-state index is 0.191. The van der Waals surface area contributed by atoms with Crippen molar-refractivity contribution in [1.29, 1.82) is 0 Å². The zero-order valence-corrected chi connectivity index (χ0v) is 16.0. The van der Waals surface area contributed by atoms with Gasteiger partial charge in [-0.05, 0) is 48.1 Å². The molecule has 6 heteroatoms. The number of thiocarbonyl (C=S) groups is 1. The van der Waals surface area contributed by atoms with Crippen LogP contribution in [0.2, 0.25) is 5.02 Å². The number of nitrogens with one attached hydrogen (secondary N) is 1. The van der Waals surface area contributed by atoms with Crippen molar-refractivity contribution in [2.24, 2.45) is 0 Å². The number of anilines is 1. The summed E-state index contributed by atoms with van der Waals surface area (Å²) in [6, 6.07) is 20.7. The molecule has 3 aromatic carbocycles.